The van der Waals surface area contributed by atoms with E-state index in [9.17, 15) is 0 Å². The van der Waals surface area contributed by atoms with E-state index in [1.807, 2.05) is 12.1 Å². The van der Waals surface area contributed by atoms with E-state index in [0.29, 0.717) is 0 Å². The molecule has 3 rings (SSSR count). The van der Waals surface area contributed by atoms with Crippen LogP contribution in [0, 0.1) is 0 Å². The Bertz CT molecular complexity index is 697. The lowest BCUT2D eigenvalue weighted by molar-refractivity contribution is 0.414. The normalized spacial score (nSPS) is 10.6. The Hall–Kier alpha value is -1.49. The molecule has 0 radical (unpaired) electrons. The first kappa shape index (κ1) is 17.3. The van der Waals surface area contributed by atoms with Crippen LogP contribution >= 0.6 is 35.3 Å². The molecule has 0 aliphatic carbocycles. The van der Waals surface area contributed by atoms with E-state index in [2.05, 4.69) is 66.9 Å². The summed E-state index contributed by atoms with van der Waals surface area (Å²) in [5.41, 5.74) is 0. The van der Waals surface area contributed by atoms with Crippen LogP contribution in [0.1, 0.15) is 0 Å². The third kappa shape index (κ3) is 4.76. The molecule has 0 saturated carbocycles. The summed E-state index contributed by atoms with van der Waals surface area (Å²) in [6.07, 6.45) is 2.10. The molecule has 0 bridgehead atoms. The highest BCUT2D eigenvalue weighted by molar-refractivity contribution is 8.00. The molecule has 0 spiro atoms. The van der Waals surface area contributed by atoms with Crippen LogP contribution in [-0.2, 0) is 0 Å². The minimum atomic E-state index is 0.888. The molecular weight excluding hydrogens is 352 g/mol. The lowest BCUT2D eigenvalue weighted by atomic mass is 10.3. The van der Waals surface area contributed by atoms with Crippen molar-refractivity contribution in [3.8, 4) is 5.75 Å². The van der Waals surface area contributed by atoms with E-state index < -0.39 is 0 Å². The van der Waals surface area contributed by atoms with Crippen LogP contribution in [0.2, 0.25) is 0 Å². The molecule has 3 aromatic carbocycles. The van der Waals surface area contributed by atoms with E-state index in [1.165, 1.54) is 24.5 Å². The van der Waals surface area contributed by atoms with Gasteiger partial charge in [-0.1, -0.05) is 23.5 Å². The van der Waals surface area contributed by atoms with Crippen LogP contribution in [0.4, 0.5) is 0 Å². The molecule has 0 unspecified atom stereocenters. The van der Waals surface area contributed by atoms with Gasteiger partial charge in [-0.25, -0.2) is 0 Å². The monoisotopic (exact) mass is 370 g/mol. The van der Waals surface area contributed by atoms with Crippen molar-refractivity contribution in [2.24, 2.45) is 0 Å². The summed E-state index contributed by atoms with van der Waals surface area (Å²) in [4.78, 5) is 6.27. The summed E-state index contributed by atoms with van der Waals surface area (Å²) in [7, 11) is 1.69. The van der Waals surface area contributed by atoms with Crippen molar-refractivity contribution in [2.45, 2.75) is 24.5 Å². The number of thioether (sulfide) groups is 1. The van der Waals surface area contributed by atoms with Gasteiger partial charge < -0.3 is 4.74 Å². The van der Waals surface area contributed by atoms with Crippen molar-refractivity contribution < 1.29 is 4.74 Å². The average molecular weight is 371 g/mol. The van der Waals surface area contributed by atoms with Crippen LogP contribution in [0.15, 0.2) is 97.3 Å². The van der Waals surface area contributed by atoms with Crippen molar-refractivity contribution in [3.63, 3.8) is 0 Å². The number of hydrogen-bond donors (Lipinski definition) is 0. The average Bonchev–Trinajstić information content (AvgIpc) is 2.65. The van der Waals surface area contributed by atoms with Gasteiger partial charge in [-0.05, 0) is 79.1 Å². The minimum absolute atomic E-state index is 0.888. The van der Waals surface area contributed by atoms with Crippen LogP contribution in [0.5, 0.6) is 5.75 Å². The molecule has 24 heavy (non-hydrogen) atoms. The summed E-state index contributed by atoms with van der Waals surface area (Å²) in [6, 6.07) is 25.5. The van der Waals surface area contributed by atoms with Gasteiger partial charge in [0.25, 0.3) is 0 Å². The van der Waals surface area contributed by atoms with Gasteiger partial charge in [-0.3, -0.25) is 0 Å². The van der Waals surface area contributed by atoms with Gasteiger partial charge in [0.05, 0.1) is 7.11 Å². The number of rotatable bonds is 6. The molecule has 0 atom stereocenters. The fraction of sp³-hybridized carbons (Fsp3) is 0.100. The summed E-state index contributed by atoms with van der Waals surface area (Å²) < 4.78 is 5.19. The van der Waals surface area contributed by atoms with Gasteiger partial charge in [-0.15, -0.1) is 11.8 Å². The van der Waals surface area contributed by atoms with Crippen LogP contribution in [0.3, 0.4) is 0 Å². The van der Waals surface area contributed by atoms with Crippen LogP contribution in [0.25, 0.3) is 0 Å². The number of ether oxygens (including phenoxy) is 1. The van der Waals surface area contributed by atoms with E-state index in [4.69, 9.17) is 4.74 Å². The van der Waals surface area contributed by atoms with E-state index in [1.54, 1.807) is 42.4 Å². The smallest absolute Gasteiger partial charge is 0.118 e. The molecular formula is C20H18OS3. The fourth-order valence-corrected chi connectivity index (χ4v) is 4.18. The first-order valence-corrected chi connectivity index (χ1v) is 10.4. The van der Waals surface area contributed by atoms with E-state index >= 15 is 0 Å². The Kier molecular flexibility index (Phi) is 6.18. The van der Waals surface area contributed by atoms with Gasteiger partial charge in [-0.2, -0.15) is 0 Å². The SMILES string of the molecule is COc1ccc(Sc2ccc(Sc3ccc(SC)cc3)cc2)cc1. The highest BCUT2D eigenvalue weighted by Gasteiger charge is 2.01. The second kappa shape index (κ2) is 8.56. The molecule has 0 aromatic heterocycles. The predicted molar refractivity (Wildman–Crippen MR) is 106 cm³/mol. The highest BCUT2D eigenvalue weighted by Crippen LogP contribution is 2.33. The quantitative estimate of drug-likeness (QED) is 0.445. The Morgan fingerprint density at radius 3 is 1.21 bits per heavy atom. The molecule has 0 fully saturated rings. The number of hydrogen-bond acceptors (Lipinski definition) is 4. The number of methoxy groups -OCH3 is 1. The van der Waals surface area contributed by atoms with Crippen molar-refractivity contribution >= 4 is 35.3 Å². The molecule has 3 aromatic rings. The maximum absolute atomic E-state index is 5.19. The minimum Gasteiger partial charge on any atom is -0.497 e. The highest BCUT2D eigenvalue weighted by atomic mass is 32.2. The zero-order chi connectivity index (χ0) is 16.8. The standard InChI is InChI=1S/C20H18OS3/c1-21-15-3-5-17(6-4-15)23-19-11-13-20(14-12-19)24-18-9-7-16(22-2)8-10-18/h3-14H,1-2H3. The Labute approximate surface area is 156 Å². The van der Waals surface area contributed by atoms with Gasteiger partial charge in [0.15, 0.2) is 0 Å². The van der Waals surface area contributed by atoms with Crippen LogP contribution in [-0.4, -0.2) is 13.4 Å². The predicted octanol–water partition coefficient (Wildman–Crippen LogP) is 6.72. The maximum atomic E-state index is 5.19. The molecule has 0 N–H and O–H groups in total. The van der Waals surface area contributed by atoms with Crippen molar-refractivity contribution in [1.82, 2.24) is 0 Å². The van der Waals surface area contributed by atoms with E-state index in [-0.39, 0.29) is 0 Å². The summed E-state index contributed by atoms with van der Waals surface area (Å²) >= 11 is 5.32. The first-order valence-electron chi connectivity index (χ1n) is 7.51. The third-order valence-corrected chi connectivity index (χ3v) is 6.19. The number of benzene rings is 3. The second-order valence-corrected chi connectivity index (χ2v) is 8.20. The molecule has 122 valence electrons. The van der Waals surface area contributed by atoms with Gasteiger partial charge in [0.2, 0.25) is 0 Å². The molecule has 0 aliphatic rings. The van der Waals surface area contributed by atoms with Gasteiger partial charge in [0.1, 0.15) is 5.75 Å². The van der Waals surface area contributed by atoms with Gasteiger partial charge in [0, 0.05) is 24.5 Å². The molecule has 0 aliphatic heterocycles. The molecule has 0 heterocycles. The zero-order valence-corrected chi connectivity index (χ0v) is 16.0. The topological polar surface area (TPSA) is 9.23 Å². The zero-order valence-electron chi connectivity index (χ0n) is 13.6. The summed E-state index contributed by atoms with van der Waals surface area (Å²) in [5, 5.41) is 0. The van der Waals surface area contributed by atoms with Crippen molar-refractivity contribution in [1.29, 1.82) is 0 Å². The van der Waals surface area contributed by atoms with Crippen molar-refractivity contribution in [3.05, 3.63) is 72.8 Å². The Balaban J connectivity index is 1.63. The molecule has 0 saturated heterocycles. The van der Waals surface area contributed by atoms with E-state index in [0.717, 1.165) is 5.75 Å². The molecule has 0 amide bonds. The summed E-state index contributed by atoms with van der Waals surface area (Å²) in [5.74, 6) is 0.888. The lowest BCUT2D eigenvalue weighted by Gasteiger charge is -2.06. The molecule has 1 nitrogen and oxygen atoms in total. The Morgan fingerprint density at radius 2 is 0.875 bits per heavy atom. The van der Waals surface area contributed by atoms with Crippen LogP contribution < -0.4 is 4.74 Å². The maximum Gasteiger partial charge on any atom is 0.118 e. The fourth-order valence-electron chi connectivity index (χ4n) is 2.14. The first-order chi connectivity index (χ1) is 11.8. The second-order valence-electron chi connectivity index (χ2n) is 5.03. The third-order valence-electron chi connectivity index (χ3n) is 3.41. The molecule has 4 heteroatoms. The Morgan fingerprint density at radius 1 is 0.542 bits per heavy atom. The largest absolute Gasteiger partial charge is 0.497 e. The lowest BCUT2D eigenvalue weighted by Crippen LogP contribution is -1.81. The van der Waals surface area contributed by atoms with Gasteiger partial charge >= 0.3 is 0 Å². The van der Waals surface area contributed by atoms with Crippen molar-refractivity contribution in [2.75, 3.05) is 13.4 Å². The summed E-state index contributed by atoms with van der Waals surface area (Å²) in [6.45, 7) is 0.